The number of rotatable bonds is 3. The van der Waals surface area contributed by atoms with E-state index >= 15 is 0 Å². The lowest BCUT2D eigenvalue weighted by molar-refractivity contribution is 0.0588. The molecule has 1 N–H and O–H groups in total. The number of piperidine rings is 1. The van der Waals surface area contributed by atoms with Crippen LogP contribution in [0, 0.1) is 0 Å². The molecule has 4 rings (SSSR count). The number of hydrogen-bond acceptors (Lipinski definition) is 4. The lowest BCUT2D eigenvalue weighted by Gasteiger charge is -2.32. The van der Waals surface area contributed by atoms with Gasteiger partial charge >= 0.3 is 0 Å². The molecule has 1 aromatic heterocycles. The van der Waals surface area contributed by atoms with Gasteiger partial charge in [-0.2, -0.15) is 5.10 Å². The summed E-state index contributed by atoms with van der Waals surface area (Å²) in [5.41, 5.74) is 2.75. The summed E-state index contributed by atoms with van der Waals surface area (Å²) >= 11 is 5.91. The molecule has 6 nitrogen and oxygen atoms in total. The Morgan fingerprint density at radius 2 is 1.96 bits per heavy atom. The van der Waals surface area contributed by atoms with E-state index in [2.05, 4.69) is 22.1 Å². The Labute approximate surface area is 158 Å². The van der Waals surface area contributed by atoms with Crippen molar-refractivity contribution >= 4 is 17.5 Å². The average Bonchev–Trinajstić information content (AvgIpc) is 3.06. The standard InChI is InChI=1S/C19H23ClN4O2/c1-23-9-8-17-16(12-23)18(22-21-17)19(25)24-10-6-15(7-11-24)26-14-4-2-13(20)3-5-14/h2-5,15H,6-12H2,1H3,(H,21,22). The molecule has 138 valence electrons. The molecule has 0 bridgehead atoms. The molecule has 3 heterocycles. The zero-order valence-electron chi connectivity index (χ0n) is 14.9. The highest BCUT2D eigenvalue weighted by Crippen LogP contribution is 2.24. The van der Waals surface area contributed by atoms with Crippen LogP contribution in [0.15, 0.2) is 24.3 Å². The van der Waals surface area contributed by atoms with Gasteiger partial charge in [0.2, 0.25) is 0 Å². The lowest BCUT2D eigenvalue weighted by Crippen LogP contribution is -2.42. The molecule has 0 unspecified atom stereocenters. The molecule has 0 atom stereocenters. The first kappa shape index (κ1) is 17.4. The quantitative estimate of drug-likeness (QED) is 0.897. The van der Waals surface area contributed by atoms with E-state index in [-0.39, 0.29) is 12.0 Å². The van der Waals surface area contributed by atoms with Crippen LogP contribution in [0.3, 0.4) is 0 Å². The van der Waals surface area contributed by atoms with E-state index in [0.717, 1.165) is 49.4 Å². The molecule has 2 aromatic rings. The van der Waals surface area contributed by atoms with Gasteiger partial charge in [-0.3, -0.25) is 9.89 Å². The fourth-order valence-electron chi connectivity index (χ4n) is 3.64. The fourth-order valence-corrected chi connectivity index (χ4v) is 3.77. The van der Waals surface area contributed by atoms with E-state index in [1.165, 1.54) is 0 Å². The number of nitrogens with zero attached hydrogens (tertiary/aromatic N) is 3. The molecular formula is C19H23ClN4O2. The summed E-state index contributed by atoms with van der Waals surface area (Å²) in [4.78, 5) is 17.0. The summed E-state index contributed by atoms with van der Waals surface area (Å²) in [5.74, 6) is 0.853. The van der Waals surface area contributed by atoms with Gasteiger partial charge in [0.05, 0.1) is 0 Å². The highest BCUT2D eigenvalue weighted by Gasteiger charge is 2.30. The number of aromatic amines is 1. The molecule has 0 saturated carbocycles. The zero-order chi connectivity index (χ0) is 18.1. The van der Waals surface area contributed by atoms with Crippen molar-refractivity contribution in [3.8, 4) is 5.75 Å². The second-order valence-corrected chi connectivity index (χ2v) is 7.52. The van der Waals surface area contributed by atoms with Gasteiger partial charge in [-0.05, 0) is 31.3 Å². The first-order valence-corrected chi connectivity index (χ1v) is 9.44. The van der Waals surface area contributed by atoms with E-state index in [0.29, 0.717) is 23.8 Å². The van der Waals surface area contributed by atoms with Crippen LogP contribution in [0.2, 0.25) is 5.02 Å². The molecule has 0 aliphatic carbocycles. The summed E-state index contributed by atoms with van der Waals surface area (Å²) < 4.78 is 6.01. The number of amides is 1. The van der Waals surface area contributed by atoms with Gasteiger partial charge in [-0.15, -0.1) is 0 Å². The van der Waals surface area contributed by atoms with E-state index in [1.54, 1.807) is 0 Å². The van der Waals surface area contributed by atoms with Crippen molar-refractivity contribution in [1.82, 2.24) is 20.0 Å². The first-order valence-electron chi connectivity index (χ1n) is 9.06. The maximum Gasteiger partial charge on any atom is 0.274 e. The van der Waals surface area contributed by atoms with Gasteiger partial charge in [0.1, 0.15) is 11.9 Å². The minimum atomic E-state index is 0.0303. The number of aromatic nitrogens is 2. The van der Waals surface area contributed by atoms with Crippen LogP contribution < -0.4 is 4.74 Å². The maximum absolute atomic E-state index is 12.9. The molecule has 2 aliphatic rings. The number of H-pyrrole nitrogens is 1. The topological polar surface area (TPSA) is 61.5 Å². The summed E-state index contributed by atoms with van der Waals surface area (Å²) in [5, 5.41) is 8.07. The SMILES string of the molecule is CN1CCc2[nH]nc(C(=O)N3CCC(Oc4ccc(Cl)cc4)CC3)c2C1. The first-order chi connectivity index (χ1) is 12.6. The Kier molecular flexibility index (Phi) is 4.87. The van der Waals surface area contributed by atoms with E-state index in [1.807, 2.05) is 29.2 Å². The number of likely N-dealkylation sites (tertiary alicyclic amines) is 1. The number of benzene rings is 1. The van der Waals surface area contributed by atoms with Crippen molar-refractivity contribution < 1.29 is 9.53 Å². The fraction of sp³-hybridized carbons (Fsp3) is 0.474. The lowest BCUT2D eigenvalue weighted by atomic mass is 10.0. The Bertz CT molecular complexity index is 781. The third-order valence-electron chi connectivity index (χ3n) is 5.17. The number of halogens is 1. The van der Waals surface area contributed by atoms with Crippen LogP contribution in [0.25, 0.3) is 0 Å². The second-order valence-electron chi connectivity index (χ2n) is 7.08. The molecule has 1 aromatic carbocycles. The van der Waals surface area contributed by atoms with E-state index in [4.69, 9.17) is 16.3 Å². The van der Waals surface area contributed by atoms with E-state index in [9.17, 15) is 4.79 Å². The predicted octanol–water partition coefficient (Wildman–Crippen LogP) is 2.73. The van der Waals surface area contributed by atoms with Crippen molar-refractivity contribution in [1.29, 1.82) is 0 Å². The maximum atomic E-state index is 12.9. The third kappa shape index (κ3) is 3.57. The smallest absolute Gasteiger partial charge is 0.274 e. The Balaban J connectivity index is 1.37. The van der Waals surface area contributed by atoms with Gasteiger partial charge in [-0.25, -0.2) is 0 Å². The number of fused-ring (bicyclic) bond motifs is 1. The average molecular weight is 375 g/mol. The van der Waals surface area contributed by atoms with Gasteiger partial charge in [0, 0.05) is 61.7 Å². The molecule has 1 fully saturated rings. The summed E-state index contributed by atoms with van der Waals surface area (Å²) in [6.07, 6.45) is 2.68. The molecule has 0 spiro atoms. The molecule has 1 saturated heterocycles. The Hall–Kier alpha value is -2.05. The monoisotopic (exact) mass is 374 g/mol. The van der Waals surface area contributed by atoms with Gasteiger partial charge < -0.3 is 14.5 Å². The van der Waals surface area contributed by atoms with Gasteiger partial charge in [0.15, 0.2) is 5.69 Å². The third-order valence-corrected chi connectivity index (χ3v) is 5.42. The van der Waals surface area contributed by atoms with Crippen molar-refractivity contribution in [3.63, 3.8) is 0 Å². The summed E-state index contributed by atoms with van der Waals surface area (Å²) in [6, 6.07) is 7.42. The highest BCUT2D eigenvalue weighted by molar-refractivity contribution is 6.30. The highest BCUT2D eigenvalue weighted by atomic mass is 35.5. The van der Waals surface area contributed by atoms with Crippen molar-refractivity contribution in [2.45, 2.75) is 31.9 Å². The number of hydrogen-bond donors (Lipinski definition) is 1. The number of nitrogens with one attached hydrogen (secondary N) is 1. The summed E-state index contributed by atoms with van der Waals surface area (Å²) in [6.45, 7) is 3.16. The number of carbonyl (C=O) groups excluding carboxylic acids is 1. The predicted molar refractivity (Wildman–Crippen MR) is 99.6 cm³/mol. The van der Waals surface area contributed by atoms with Crippen LogP contribution in [-0.2, 0) is 13.0 Å². The number of ether oxygens (including phenoxy) is 1. The molecule has 7 heteroatoms. The molecule has 1 amide bonds. The molecule has 2 aliphatic heterocycles. The minimum Gasteiger partial charge on any atom is -0.490 e. The van der Waals surface area contributed by atoms with Crippen molar-refractivity contribution in [3.05, 3.63) is 46.2 Å². The number of likely N-dealkylation sites (N-methyl/N-ethyl adjacent to an activating group) is 1. The second kappa shape index (κ2) is 7.29. The normalized spacial score (nSPS) is 18.6. The number of carbonyl (C=O) groups is 1. The minimum absolute atomic E-state index is 0.0303. The largest absolute Gasteiger partial charge is 0.490 e. The zero-order valence-corrected chi connectivity index (χ0v) is 15.6. The van der Waals surface area contributed by atoms with Crippen LogP contribution in [0.1, 0.15) is 34.6 Å². The Morgan fingerprint density at radius 1 is 1.23 bits per heavy atom. The molecule has 26 heavy (non-hydrogen) atoms. The Morgan fingerprint density at radius 3 is 2.69 bits per heavy atom. The molecule has 0 radical (unpaired) electrons. The van der Waals surface area contributed by atoms with Crippen LogP contribution in [0.5, 0.6) is 5.75 Å². The van der Waals surface area contributed by atoms with Gasteiger partial charge in [-0.1, -0.05) is 11.6 Å². The van der Waals surface area contributed by atoms with Crippen LogP contribution in [0.4, 0.5) is 0 Å². The van der Waals surface area contributed by atoms with E-state index < -0.39 is 0 Å². The van der Waals surface area contributed by atoms with Crippen LogP contribution in [-0.4, -0.2) is 58.7 Å². The van der Waals surface area contributed by atoms with Crippen molar-refractivity contribution in [2.24, 2.45) is 0 Å². The summed E-state index contributed by atoms with van der Waals surface area (Å²) in [7, 11) is 2.07. The van der Waals surface area contributed by atoms with Crippen molar-refractivity contribution in [2.75, 3.05) is 26.7 Å². The molecular weight excluding hydrogens is 352 g/mol. The van der Waals surface area contributed by atoms with Gasteiger partial charge in [0.25, 0.3) is 5.91 Å². The van der Waals surface area contributed by atoms with Crippen LogP contribution >= 0.6 is 11.6 Å².